The Bertz CT molecular complexity index is 1100. The highest BCUT2D eigenvalue weighted by Gasteiger charge is 2.40. The third kappa shape index (κ3) is 4.57. The lowest BCUT2D eigenvalue weighted by Crippen LogP contribution is -2.40. The summed E-state index contributed by atoms with van der Waals surface area (Å²) in [5.74, 6) is 0.427. The maximum atomic E-state index is 13.6. The molecule has 174 valence electrons. The van der Waals surface area contributed by atoms with E-state index in [9.17, 15) is 13.2 Å². The third-order valence-corrected chi connectivity index (χ3v) is 7.68. The summed E-state index contributed by atoms with van der Waals surface area (Å²) in [5.41, 5.74) is 5.35. The van der Waals surface area contributed by atoms with Gasteiger partial charge in [-0.1, -0.05) is 26.3 Å². The van der Waals surface area contributed by atoms with E-state index in [0.717, 1.165) is 25.8 Å². The van der Waals surface area contributed by atoms with Crippen molar-refractivity contribution < 1.29 is 13.2 Å². The smallest absolute Gasteiger partial charge is 0.253 e. The monoisotopic (exact) mass is 459 g/mol. The van der Waals surface area contributed by atoms with Gasteiger partial charge in [0.2, 0.25) is 9.84 Å². The number of unbranched alkanes of at least 4 members (excludes halogenated alkanes) is 1. The summed E-state index contributed by atoms with van der Waals surface area (Å²) in [6, 6.07) is 6.21. The van der Waals surface area contributed by atoms with Crippen LogP contribution in [-0.2, 0) is 9.84 Å². The van der Waals surface area contributed by atoms with Crippen LogP contribution in [0, 0.1) is 5.92 Å². The van der Waals surface area contributed by atoms with E-state index < -0.39 is 15.7 Å². The predicted octanol–water partition coefficient (Wildman–Crippen LogP) is 3.27. The highest BCUT2D eigenvalue weighted by Crippen LogP contribution is 2.39. The van der Waals surface area contributed by atoms with Gasteiger partial charge >= 0.3 is 0 Å². The van der Waals surface area contributed by atoms with Gasteiger partial charge in [-0.25, -0.2) is 18.4 Å². The van der Waals surface area contributed by atoms with Gasteiger partial charge in [0, 0.05) is 31.9 Å². The van der Waals surface area contributed by atoms with Crippen LogP contribution in [0.3, 0.4) is 0 Å². The fourth-order valence-corrected chi connectivity index (χ4v) is 5.84. The minimum absolute atomic E-state index is 0.0822. The molecule has 2 N–H and O–H groups in total. The van der Waals surface area contributed by atoms with Crippen molar-refractivity contribution in [2.45, 2.75) is 62.4 Å². The van der Waals surface area contributed by atoms with Crippen LogP contribution in [0.25, 0.3) is 0 Å². The maximum Gasteiger partial charge on any atom is 0.253 e. The van der Waals surface area contributed by atoms with E-state index in [4.69, 9.17) is 5.73 Å². The lowest BCUT2D eigenvalue weighted by atomic mass is 9.97. The maximum absolute atomic E-state index is 13.6. The number of primary amides is 1. The zero-order chi connectivity index (χ0) is 23.7. The highest BCUT2D eigenvalue weighted by molar-refractivity contribution is 7.91. The van der Waals surface area contributed by atoms with Gasteiger partial charge in [0.05, 0.1) is 4.90 Å². The average Bonchev–Trinajstić information content (AvgIpc) is 3.03. The predicted molar refractivity (Wildman–Crippen MR) is 126 cm³/mol. The van der Waals surface area contributed by atoms with Crippen LogP contribution in [0.15, 0.2) is 40.4 Å². The van der Waals surface area contributed by atoms with Crippen LogP contribution in [-0.4, -0.2) is 50.0 Å². The molecule has 1 amide bonds. The molecule has 1 saturated heterocycles. The quantitative estimate of drug-likeness (QED) is 0.645. The largest absolute Gasteiger partial charge is 0.365 e. The number of anilines is 2. The second kappa shape index (κ2) is 9.05. The molecule has 1 fully saturated rings. The molecule has 1 atom stereocenters. The molecule has 0 bridgehead atoms. The Labute approximate surface area is 190 Å². The number of hydrogen-bond acceptors (Lipinski definition) is 7. The van der Waals surface area contributed by atoms with Crippen molar-refractivity contribution in [1.82, 2.24) is 9.97 Å². The molecule has 32 heavy (non-hydrogen) atoms. The van der Waals surface area contributed by atoms with Crippen LogP contribution in [0.5, 0.6) is 0 Å². The fourth-order valence-electron chi connectivity index (χ4n) is 4.44. The van der Waals surface area contributed by atoms with Crippen molar-refractivity contribution in [3.05, 3.63) is 36.0 Å². The Balaban J connectivity index is 2.11. The van der Waals surface area contributed by atoms with Gasteiger partial charge in [0.1, 0.15) is 17.2 Å². The molecule has 3 rings (SSSR count). The van der Waals surface area contributed by atoms with E-state index in [1.54, 1.807) is 12.1 Å². The summed E-state index contributed by atoms with van der Waals surface area (Å²) in [6.07, 6.45) is 4.32. The van der Waals surface area contributed by atoms with E-state index in [0.29, 0.717) is 24.1 Å². The second-order valence-electron chi connectivity index (χ2n) is 9.22. The number of rotatable bonds is 8. The molecular weight excluding hydrogens is 426 g/mol. The minimum atomic E-state index is -4.10. The first kappa shape index (κ1) is 24.0. The van der Waals surface area contributed by atoms with Crippen molar-refractivity contribution in [3.63, 3.8) is 0 Å². The molecular formula is C23H33N5O3S. The Kier molecular flexibility index (Phi) is 6.78. The van der Waals surface area contributed by atoms with Crippen molar-refractivity contribution in [3.8, 4) is 0 Å². The second-order valence-corrected chi connectivity index (χ2v) is 11.1. The van der Waals surface area contributed by atoms with Crippen molar-refractivity contribution >= 4 is 27.4 Å². The van der Waals surface area contributed by atoms with E-state index in [2.05, 4.69) is 37.7 Å². The SMILES string of the molecule is CCCCN(C)c1cccc(S(=O)(=O)c2ccnc(N3CC(C)CC3(C)C)c2C(N)=O)n1. The molecule has 8 nitrogen and oxygen atoms in total. The van der Waals surface area contributed by atoms with Gasteiger partial charge in [-0.3, -0.25) is 4.79 Å². The molecule has 2 aromatic heterocycles. The zero-order valence-electron chi connectivity index (χ0n) is 19.5. The number of amides is 1. The molecule has 0 aromatic carbocycles. The van der Waals surface area contributed by atoms with Gasteiger partial charge in [-0.05, 0) is 50.8 Å². The number of nitrogens with zero attached hydrogens (tertiary/aromatic N) is 4. The summed E-state index contributed by atoms with van der Waals surface area (Å²) >= 11 is 0. The minimum Gasteiger partial charge on any atom is -0.365 e. The Hall–Kier alpha value is -2.68. The number of nitrogens with two attached hydrogens (primary N) is 1. The first-order valence-corrected chi connectivity index (χ1v) is 12.5. The average molecular weight is 460 g/mol. The van der Waals surface area contributed by atoms with Crippen LogP contribution >= 0.6 is 0 Å². The number of pyridine rings is 2. The topological polar surface area (TPSA) is 109 Å². The zero-order valence-corrected chi connectivity index (χ0v) is 20.3. The highest BCUT2D eigenvalue weighted by atomic mass is 32.2. The standard InChI is InChI=1S/C23H33N5O3S/c1-6-7-13-27(5)18-9-8-10-19(26-18)32(30,31)17-11-12-25-22(20(17)21(24)29)28-15-16(2)14-23(28,3)4/h8-12,16H,6-7,13-15H2,1-5H3,(H2,24,29). The van der Waals surface area contributed by atoms with Crippen molar-refractivity contribution in [1.29, 1.82) is 0 Å². The van der Waals surface area contributed by atoms with E-state index >= 15 is 0 Å². The molecule has 1 aliphatic rings. The van der Waals surface area contributed by atoms with Crippen molar-refractivity contribution in [2.24, 2.45) is 11.7 Å². The summed E-state index contributed by atoms with van der Waals surface area (Å²) < 4.78 is 27.2. The molecule has 3 heterocycles. The number of carbonyl (C=O) groups excluding carboxylic acids is 1. The molecule has 0 spiro atoms. The first-order chi connectivity index (χ1) is 15.0. The molecule has 0 radical (unpaired) electrons. The van der Waals surface area contributed by atoms with E-state index in [1.165, 1.54) is 18.3 Å². The summed E-state index contributed by atoms with van der Waals surface area (Å²) in [4.78, 5) is 25.1. The van der Waals surface area contributed by atoms with Gasteiger partial charge in [-0.15, -0.1) is 0 Å². The van der Waals surface area contributed by atoms with Crippen LogP contribution in [0.2, 0.25) is 0 Å². The van der Waals surface area contributed by atoms with Crippen LogP contribution < -0.4 is 15.5 Å². The van der Waals surface area contributed by atoms with E-state index in [-0.39, 0.29) is 21.0 Å². The van der Waals surface area contributed by atoms with Gasteiger partial charge in [0.25, 0.3) is 5.91 Å². The van der Waals surface area contributed by atoms with Gasteiger partial charge < -0.3 is 15.5 Å². The fraction of sp³-hybridized carbons (Fsp3) is 0.522. The molecule has 2 aromatic rings. The molecule has 0 aliphatic carbocycles. The summed E-state index contributed by atoms with van der Waals surface area (Å²) in [5, 5.41) is -0.118. The van der Waals surface area contributed by atoms with Crippen LogP contribution in [0.1, 0.15) is 57.3 Å². The number of hydrogen-bond donors (Lipinski definition) is 1. The first-order valence-electron chi connectivity index (χ1n) is 11.0. The molecule has 9 heteroatoms. The van der Waals surface area contributed by atoms with Gasteiger partial charge in [0.15, 0.2) is 5.03 Å². The number of carbonyl (C=O) groups is 1. The lowest BCUT2D eigenvalue weighted by molar-refractivity contribution is 0.0997. The van der Waals surface area contributed by atoms with Crippen molar-refractivity contribution in [2.75, 3.05) is 29.9 Å². The summed E-state index contributed by atoms with van der Waals surface area (Å²) in [7, 11) is -2.22. The molecule has 0 saturated carbocycles. The molecule has 1 unspecified atom stereocenters. The summed E-state index contributed by atoms with van der Waals surface area (Å²) in [6.45, 7) is 9.76. The Morgan fingerprint density at radius 1 is 1.31 bits per heavy atom. The number of sulfone groups is 1. The van der Waals surface area contributed by atoms with Gasteiger partial charge in [-0.2, -0.15) is 0 Å². The Morgan fingerprint density at radius 3 is 2.62 bits per heavy atom. The lowest BCUT2D eigenvalue weighted by Gasteiger charge is -2.33. The number of aromatic nitrogens is 2. The van der Waals surface area contributed by atoms with Crippen LogP contribution in [0.4, 0.5) is 11.6 Å². The Morgan fingerprint density at radius 2 is 2.03 bits per heavy atom. The molecule has 1 aliphatic heterocycles. The third-order valence-electron chi connectivity index (χ3n) is 5.98. The normalized spacial score (nSPS) is 18.0. The van der Waals surface area contributed by atoms with E-state index in [1.807, 2.05) is 16.8 Å².